The van der Waals surface area contributed by atoms with Gasteiger partial charge in [0.05, 0.1) is 14.2 Å². The third-order valence-electron chi connectivity index (χ3n) is 3.91. The van der Waals surface area contributed by atoms with Crippen molar-refractivity contribution in [3.63, 3.8) is 0 Å². The van der Waals surface area contributed by atoms with Crippen molar-refractivity contribution in [1.29, 1.82) is 0 Å². The maximum Gasteiger partial charge on any atom is 0.249 e. The van der Waals surface area contributed by atoms with Crippen LogP contribution in [0.2, 0.25) is 0 Å². The summed E-state index contributed by atoms with van der Waals surface area (Å²) in [4.78, 5) is 12.8. The fourth-order valence-electron chi connectivity index (χ4n) is 2.62. The minimum Gasteiger partial charge on any atom is -0.493 e. The van der Waals surface area contributed by atoms with Gasteiger partial charge in [0, 0.05) is 6.54 Å². The molecule has 0 bridgehead atoms. The van der Waals surface area contributed by atoms with E-state index in [4.69, 9.17) is 9.47 Å². The average Bonchev–Trinajstić information content (AvgIpc) is 3.21. The van der Waals surface area contributed by atoms with Gasteiger partial charge in [-0.25, -0.2) is 4.68 Å². The standard InChI is InChI=1S/C18H19N5O3/c1-25-15-9-8-13(10-16(15)26-2)11-19-18(24)17(23-12-20-21-22-23)14-6-4-3-5-7-14/h3-10,12,17H,11H2,1-2H3,(H,19,24)/t17-/m0/s1. The van der Waals surface area contributed by atoms with Gasteiger partial charge in [0.25, 0.3) is 0 Å². The fraction of sp³-hybridized carbons (Fsp3) is 0.222. The number of carbonyl (C=O) groups is 1. The van der Waals surface area contributed by atoms with Gasteiger partial charge in [0.15, 0.2) is 17.5 Å². The van der Waals surface area contributed by atoms with Gasteiger partial charge in [-0.2, -0.15) is 0 Å². The molecule has 8 heteroatoms. The normalized spacial score (nSPS) is 11.6. The van der Waals surface area contributed by atoms with E-state index in [1.165, 1.54) is 11.0 Å². The lowest BCUT2D eigenvalue weighted by Gasteiger charge is -2.17. The summed E-state index contributed by atoms with van der Waals surface area (Å²) < 4.78 is 11.9. The number of amides is 1. The molecule has 0 aliphatic heterocycles. The quantitative estimate of drug-likeness (QED) is 0.694. The first-order valence-corrected chi connectivity index (χ1v) is 7.99. The molecule has 0 fully saturated rings. The van der Waals surface area contributed by atoms with E-state index >= 15 is 0 Å². The van der Waals surface area contributed by atoms with E-state index in [9.17, 15) is 4.79 Å². The Morgan fingerprint density at radius 1 is 1.12 bits per heavy atom. The number of ether oxygens (including phenoxy) is 2. The lowest BCUT2D eigenvalue weighted by molar-refractivity contribution is -0.123. The maximum absolute atomic E-state index is 12.8. The minimum atomic E-state index is -0.647. The van der Waals surface area contributed by atoms with Crippen LogP contribution in [0.15, 0.2) is 54.9 Å². The largest absolute Gasteiger partial charge is 0.493 e. The number of nitrogens with zero attached hydrogens (tertiary/aromatic N) is 4. The van der Waals surface area contributed by atoms with E-state index < -0.39 is 6.04 Å². The maximum atomic E-state index is 12.8. The van der Waals surface area contributed by atoms with Crippen molar-refractivity contribution in [1.82, 2.24) is 25.5 Å². The summed E-state index contributed by atoms with van der Waals surface area (Å²) >= 11 is 0. The number of methoxy groups -OCH3 is 2. The first kappa shape index (κ1) is 17.4. The number of nitrogens with one attached hydrogen (secondary N) is 1. The number of hydrogen-bond donors (Lipinski definition) is 1. The van der Waals surface area contributed by atoms with Crippen molar-refractivity contribution in [3.05, 3.63) is 66.0 Å². The Hall–Kier alpha value is -3.42. The average molecular weight is 353 g/mol. The molecule has 0 aliphatic carbocycles. The topological polar surface area (TPSA) is 91.2 Å². The van der Waals surface area contributed by atoms with Crippen molar-refractivity contribution in [3.8, 4) is 11.5 Å². The first-order valence-electron chi connectivity index (χ1n) is 7.99. The molecule has 0 aliphatic rings. The second kappa shape index (κ2) is 8.11. The lowest BCUT2D eigenvalue weighted by atomic mass is 10.1. The van der Waals surface area contributed by atoms with E-state index in [1.807, 2.05) is 42.5 Å². The third-order valence-corrected chi connectivity index (χ3v) is 3.91. The molecule has 1 aromatic heterocycles. The van der Waals surface area contributed by atoms with Crippen molar-refractivity contribution >= 4 is 5.91 Å². The fourth-order valence-corrected chi connectivity index (χ4v) is 2.62. The van der Waals surface area contributed by atoms with E-state index in [0.717, 1.165) is 11.1 Å². The molecule has 0 radical (unpaired) electrons. The molecular weight excluding hydrogens is 334 g/mol. The molecular formula is C18H19N5O3. The molecule has 1 N–H and O–H groups in total. The number of benzene rings is 2. The van der Waals surface area contributed by atoms with Crippen LogP contribution >= 0.6 is 0 Å². The van der Waals surface area contributed by atoms with Crippen molar-refractivity contribution in [2.24, 2.45) is 0 Å². The van der Waals surface area contributed by atoms with Gasteiger partial charge in [-0.15, -0.1) is 5.10 Å². The Morgan fingerprint density at radius 3 is 2.54 bits per heavy atom. The summed E-state index contributed by atoms with van der Waals surface area (Å²) in [5, 5.41) is 14.1. The molecule has 1 heterocycles. The Bertz CT molecular complexity index is 853. The predicted octanol–water partition coefficient (Wildman–Crippen LogP) is 1.60. The molecule has 2 aromatic carbocycles. The van der Waals surface area contributed by atoms with Gasteiger partial charge in [0.1, 0.15) is 6.33 Å². The highest BCUT2D eigenvalue weighted by atomic mass is 16.5. The molecule has 1 atom stereocenters. The zero-order valence-corrected chi connectivity index (χ0v) is 14.5. The number of carbonyl (C=O) groups excluding carboxylic acids is 1. The first-order chi connectivity index (χ1) is 12.7. The summed E-state index contributed by atoms with van der Waals surface area (Å²) in [6.07, 6.45) is 1.42. The molecule has 0 spiro atoms. The summed E-state index contributed by atoms with van der Waals surface area (Å²) in [7, 11) is 3.15. The van der Waals surface area contributed by atoms with Crippen molar-refractivity contribution < 1.29 is 14.3 Å². The van der Waals surface area contributed by atoms with Crippen LogP contribution in [0.4, 0.5) is 0 Å². The highest BCUT2D eigenvalue weighted by Crippen LogP contribution is 2.27. The van der Waals surface area contributed by atoms with Gasteiger partial charge in [0.2, 0.25) is 5.91 Å². The summed E-state index contributed by atoms with van der Waals surface area (Å²) in [6, 6.07) is 14.2. The van der Waals surface area contributed by atoms with Crippen LogP contribution in [0, 0.1) is 0 Å². The summed E-state index contributed by atoms with van der Waals surface area (Å²) in [6.45, 7) is 0.338. The highest BCUT2D eigenvalue weighted by Gasteiger charge is 2.23. The molecule has 1 amide bonds. The van der Waals surface area contributed by atoms with Gasteiger partial charge >= 0.3 is 0 Å². The van der Waals surface area contributed by atoms with Crippen molar-refractivity contribution in [2.45, 2.75) is 12.6 Å². The van der Waals surface area contributed by atoms with E-state index in [2.05, 4.69) is 20.8 Å². The Labute approximate surface area is 150 Å². The molecule has 3 rings (SSSR count). The molecule has 3 aromatic rings. The zero-order chi connectivity index (χ0) is 18.4. The van der Waals surface area contributed by atoms with E-state index in [1.54, 1.807) is 20.3 Å². The minimum absolute atomic E-state index is 0.210. The van der Waals surface area contributed by atoms with Gasteiger partial charge in [-0.05, 0) is 33.7 Å². The Kier molecular flexibility index (Phi) is 5.43. The molecule has 0 unspecified atom stereocenters. The number of tetrazole rings is 1. The van der Waals surface area contributed by atoms with E-state index in [0.29, 0.717) is 18.0 Å². The van der Waals surface area contributed by atoms with Crippen LogP contribution in [0.1, 0.15) is 17.2 Å². The SMILES string of the molecule is COc1ccc(CNC(=O)[C@H](c2ccccc2)n2cnnn2)cc1OC. The Balaban J connectivity index is 1.77. The lowest BCUT2D eigenvalue weighted by Crippen LogP contribution is -2.33. The molecule has 0 saturated carbocycles. The van der Waals surface area contributed by atoms with Gasteiger partial charge < -0.3 is 14.8 Å². The van der Waals surface area contributed by atoms with Crippen molar-refractivity contribution in [2.75, 3.05) is 14.2 Å². The van der Waals surface area contributed by atoms with Crippen LogP contribution in [0.3, 0.4) is 0 Å². The molecule has 0 saturated heterocycles. The molecule has 134 valence electrons. The zero-order valence-electron chi connectivity index (χ0n) is 14.5. The third kappa shape index (κ3) is 3.80. The monoisotopic (exact) mass is 353 g/mol. The van der Waals surface area contributed by atoms with Crippen LogP contribution in [0.25, 0.3) is 0 Å². The second-order valence-corrected chi connectivity index (χ2v) is 5.51. The highest BCUT2D eigenvalue weighted by molar-refractivity contribution is 5.83. The Morgan fingerprint density at radius 2 is 1.88 bits per heavy atom. The number of rotatable bonds is 7. The van der Waals surface area contributed by atoms with Crippen LogP contribution in [-0.2, 0) is 11.3 Å². The van der Waals surface area contributed by atoms with Gasteiger partial charge in [-0.1, -0.05) is 36.4 Å². The molecule has 26 heavy (non-hydrogen) atoms. The summed E-state index contributed by atoms with van der Waals surface area (Å²) in [5.74, 6) is 1.04. The van der Waals surface area contributed by atoms with Crippen LogP contribution < -0.4 is 14.8 Å². The smallest absolute Gasteiger partial charge is 0.249 e. The number of aromatic nitrogens is 4. The van der Waals surface area contributed by atoms with Gasteiger partial charge in [-0.3, -0.25) is 4.79 Å². The van der Waals surface area contributed by atoms with E-state index in [-0.39, 0.29) is 5.91 Å². The second-order valence-electron chi connectivity index (χ2n) is 5.51. The van der Waals surface area contributed by atoms with Crippen LogP contribution in [-0.4, -0.2) is 40.3 Å². The number of hydrogen-bond acceptors (Lipinski definition) is 6. The van der Waals surface area contributed by atoms with Crippen LogP contribution in [0.5, 0.6) is 11.5 Å². The predicted molar refractivity (Wildman–Crippen MR) is 93.8 cm³/mol. The molecule has 8 nitrogen and oxygen atoms in total. The summed E-state index contributed by atoms with van der Waals surface area (Å²) in [5.41, 5.74) is 1.68.